The van der Waals surface area contributed by atoms with Gasteiger partial charge in [-0.15, -0.1) is 0 Å². The number of aromatic amines is 1. The van der Waals surface area contributed by atoms with Crippen molar-refractivity contribution in [1.29, 1.82) is 0 Å². The molecule has 4 rings (SSSR count). The molecule has 0 saturated heterocycles. The highest BCUT2D eigenvalue weighted by Crippen LogP contribution is 2.31. The van der Waals surface area contributed by atoms with Crippen LogP contribution in [0.2, 0.25) is 0 Å². The first-order chi connectivity index (χ1) is 13.5. The van der Waals surface area contributed by atoms with E-state index in [1.54, 1.807) is 7.11 Å². The van der Waals surface area contributed by atoms with Gasteiger partial charge >= 0.3 is 0 Å². The summed E-state index contributed by atoms with van der Waals surface area (Å²) in [5, 5.41) is 4.70. The topological polar surface area (TPSA) is 79.9 Å². The maximum atomic E-state index is 12.4. The average molecular weight is 392 g/mol. The summed E-state index contributed by atoms with van der Waals surface area (Å²) in [6.45, 7) is 3.99. The van der Waals surface area contributed by atoms with Gasteiger partial charge in [-0.05, 0) is 49.2 Å². The van der Waals surface area contributed by atoms with Crippen molar-refractivity contribution in [3.63, 3.8) is 0 Å². The van der Waals surface area contributed by atoms with Gasteiger partial charge in [-0.2, -0.15) is 0 Å². The molecular formula is C21H20N4O2S. The molecule has 142 valence electrons. The number of fused-ring (bicyclic) bond motifs is 3. The Morgan fingerprint density at radius 3 is 2.86 bits per heavy atom. The van der Waals surface area contributed by atoms with Gasteiger partial charge in [0.1, 0.15) is 22.6 Å². The Morgan fingerprint density at radius 2 is 2.04 bits per heavy atom. The van der Waals surface area contributed by atoms with Crippen molar-refractivity contribution in [3.8, 4) is 5.75 Å². The molecule has 2 aromatic heterocycles. The summed E-state index contributed by atoms with van der Waals surface area (Å²) < 4.78 is 5.31. The zero-order valence-electron chi connectivity index (χ0n) is 15.9. The third kappa shape index (κ3) is 3.53. The molecule has 0 atom stereocenters. The molecule has 2 heterocycles. The standard InChI is InChI=1S/C21H20N4O2S/c1-12-4-5-13(2)17(8-12)24-18(26)10-28-21-20-19(22-11-23-21)15-9-14(27-3)6-7-16(15)25-20/h4-9,11,25H,10H2,1-3H3,(H,24,26). The van der Waals surface area contributed by atoms with E-state index in [0.717, 1.165) is 49.5 Å². The van der Waals surface area contributed by atoms with Gasteiger partial charge in [-0.25, -0.2) is 9.97 Å². The van der Waals surface area contributed by atoms with Crippen LogP contribution in [-0.4, -0.2) is 33.7 Å². The number of carbonyl (C=O) groups excluding carboxylic acids is 1. The van der Waals surface area contributed by atoms with Crippen LogP contribution in [0.5, 0.6) is 5.75 Å². The number of benzene rings is 2. The number of aryl methyl sites for hydroxylation is 2. The minimum Gasteiger partial charge on any atom is -0.497 e. The number of carbonyl (C=O) groups is 1. The number of anilines is 1. The fourth-order valence-electron chi connectivity index (χ4n) is 3.08. The largest absolute Gasteiger partial charge is 0.497 e. The second-order valence-electron chi connectivity index (χ2n) is 6.59. The monoisotopic (exact) mass is 392 g/mol. The van der Waals surface area contributed by atoms with E-state index < -0.39 is 0 Å². The van der Waals surface area contributed by atoms with Gasteiger partial charge in [0.15, 0.2) is 0 Å². The summed E-state index contributed by atoms with van der Waals surface area (Å²) in [6, 6.07) is 11.8. The highest BCUT2D eigenvalue weighted by atomic mass is 32.2. The summed E-state index contributed by atoms with van der Waals surface area (Å²) >= 11 is 1.39. The van der Waals surface area contributed by atoms with Crippen molar-refractivity contribution in [1.82, 2.24) is 15.0 Å². The molecular weight excluding hydrogens is 372 g/mol. The van der Waals surface area contributed by atoms with Crippen LogP contribution in [0.15, 0.2) is 47.8 Å². The minimum atomic E-state index is -0.0664. The number of ether oxygens (including phenoxy) is 1. The van der Waals surface area contributed by atoms with Crippen LogP contribution in [0.3, 0.4) is 0 Å². The van der Waals surface area contributed by atoms with E-state index in [1.807, 2.05) is 50.2 Å². The smallest absolute Gasteiger partial charge is 0.234 e. The van der Waals surface area contributed by atoms with E-state index in [1.165, 1.54) is 18.1 Å². The van der Waals surface area contributed by atoms with E-state index in [2.05, 4.69) is 20.3 Å². The molecule has 0 bridgehead atoms. The molecule has 0 spiro atoms. The number of methoxy groups -OCH3 is 1. The van der Waals surface area contributed by atoms with Crippen molar-refractivity contribution >= 4 is 45.3 Å². The Balaban J connectivity index is 1.56. The van der Waals surface area contributed by atoms with Crippen molar-refractivity contribution in [2.75, 3.05) is 18.2 Å². The number of rotatable bonds is 5. The number of amides is 1. The average Bonchev–Trinajstić information content (AvgIpc) is 3.07. The molecule has 2 aromatic carbocycles. The van der Waals surface area contributed by atoms with Crippen LogP contribution in [0.25, 0.3) is 21.9 Å². The summed E-state index contributed by atoms with van der Waals surface area (Å²) in [5.41, 5.74) is 5.60. The Morgan fingerprint density at radius 1 is 1.18 bits per heavy atom. The number of nitrogens with zero attached hydrogens (tertiary/aromatic N) is 2. The molecule has 2 N–H and O–H groups in total. The lowest BCUT2D eigenvalue weighted by atomic mass is 10.1. The van der Waals surface area contributed by atoms with Crippen LogP contribution in [0.1, 0.15) is 11.1 Å². The van der Waals surface area contributed by atoms with E-state index in [0.29, 0.717) is 0 Å². The second-order valence-corrected chi connectivity index (χ2v) is 7.56. The van der Waals surface area contributed by atoms with Gasteiger partial charge in [-0.3, -0.25) is 4.79 Å². The first-order valence-corrected chi connectivity index (χ1v) is 9.84. The fourth-order valence-corrected chi connectivity index (χ4v) is 3.83. The predicted molar refractivity (Wildman–Crippen MR) is 113 cm³/mol. The Bertz CT molecular complexity index is 1190. The molecule has 1 amide bonds. The molecule has 0 unspecified atom stereocenters. The summed E-state index contributed by atoms with van der Waals surface area (Å²) in [4.78, 5) is 24.6. The number of hydrogen-bond acceptors (Lipinski definition) is 5. The van der Waals surface area contributed by atoms with Crippen molar-refractivity contribution in [3.05, 3.63) is 53.9 Å². The fraction of sp³-hybridized carbons (Fsp3) is 0.190. The molecule has 0 radical (unpaired) electrons. The van der Waals surface area contributed by atoms with Crippen LogP contribution < -0.4 is 10.1 Å². The molecule has 6 nitrogen and oxygen atoms in total. The van der Waals surface area contributed by atoms with Crippen molar-refractivity contribution in [2.45, 2.75) is 18.9 Å². The molecule has 28 heavy (non-hydrogen) atoms. The van der Waals surface area contributed by atoms with Crippen LogP contribution in [-0.2, 0) is 4.79 Å². The highest BCUT2D eigenvalue weighted by Gasteiger charge is 2.13. The minimum absolute atomic E-state index is 0.0664. The van der Waals surface area contributed by atoms with E-state index in [4.69, 9.17) is 4.74 Å². The Labute approximate surface area is 166 Å². The van der Waals surface area contributed by atoms with Crippen LogP contribution in [0.4, 0.5) is 5.69 Å². The SMILES string of the molecule is COc1ccc2[nH]c3c(SCC(=O)Nc4cc(C)ccc4C)ncnc3c2c1. The zero-order chi connectivity index (χ0) is 19.7. The molecule has 0 aliphatic carbocycles. The summed E-state index contributed by atoms with van der Waals surface area (Å²) in [5.74, 6) is 0.968. The Kier molecular flexibility index (Phi) is 4.92. The molecule has 7 heteroatoms. The molecule has 0 aliphatic heterocycles. The maximum absolute atomic E-state index is 12.4. The zero-order valence-corrected chi connectivity index (χ0v) is 16.7. The maximum Gasteiger partial charge on any atom is 0.234 e. The molecule has 0 aliphatic rings. The lowest BCUT2D eigenvalue weighted by molar-refractivity contribution is -0.113. The lowest BCUT2D eigenvalue weighted by Crippen LogP contribution is -2.15. The van der Waals surface area contributed by atoms with Crippen LogP contribution >= 0.6 is 11.8 Å². The molecule has 0 fully saturated rings. The van der Waals surface area contributed by atoms with E-state index in [-0.39, 0.29) is 11.7 Å². The van der Waals surface area contributed by atoms with E-state index in [9.17, 15) is 4.79 Å². The van der Waals surface area contributed by atoms with Gasteiger partial charge in [0, 0.05) is 16.6 Å². The first kappa shape index (κ1) is 18.3. The second kappa shape index (κ2) is 7.52. The van der Waals surface area contributed by atoms with Gasteiger partial charge in [0.2, 0.25) is 5.91 Å². The first-order valence-electron chi connectivity index (χ1n) is 8.85. The summed E-state index contributed by atoms with van der Waals surface area (Å²) in [6.07, 6.45) is 1.53. The van der Waals surface area contributed by atoms with Crippen LogP contribution in [0, 0.1) is 13.8 Å². The summed E-state index contributed by atoms with van der Waals surface area (Å²) in [7, 11) is 1.64. The lowest BCUT2D eigenvalue weighted by Gasteiger charge is -2.09. The molecule has 4 aromatic rings. The third-order valence-electron chi connectivity index (χ3n) is 4.56. The predicted octanol–water partition coefficient (Wildman–Crippen LogP) is 4.47. The Hall–Kier alpha value is -3.06. The number of nitrogens with one attached hydrogen (secondary N) is 2. The van der Waals surface area contributed by atoms with Gasteiger partial charge in [0.25, 0.3) is 0 Å². The van der Waals surface area contributed by atoms with Crippen molar-refractivity contribution < 1.29 is 9.53 Å². The molecule has 0 saturated carbocycles. The van der Waals surface area contributed by atoms with Gasteiger partial charge in [0.05, 0.1) is 18.4 Å². The number of hydrogen-bond donors (Lipinski definition) is 2. The number of thioether (sulfide) groups is 1. The van der Waals surface area contributed by atoms with E-state index >= 15 is 0 Å². The normalized spacial score (nSPS) is 11.1. The quantitative estimate of drug-likeness (QED) is 0.387. The van der Waals surface area contributed by atoms with Gasteiger partial charge < -0.3 is 15.0 Å². The number of aromatic nitrogens is 3. The number of H-pyrrole nitrogens is 1. The van der Waals surface area contributed by atoms with Gasteiger partial charge in [-0.1, -0.05) is 23.9 Å². The van der Waals surface area contributed by atoms with Crippen molar-refractivity contribution in [2.24, 2.45) is 0 Å². The third-order valence-corrected chi connectivity index (χ3v) is 5.55. The highest BCUT2D eigenvalue weighted by molar-refractivity contribution is 8.00.